The zero-order valence-corrected chi connectivity index (χ0v) is 12.8. The van der Waals surface area contributed by atoms with Crippen molar-refractivity contribution in [1.82, 2.24) is 5.32 Å². The Labute approximate surface area is 111 Å². The van der Waals surface area contributed by atoms with Gasteiger partial charge in [-0.15, -0.1) is 11.3 Å². The Morgan fingerprint density at radius 3 is 2.59 bits per heavy atom. The van der Waals surface area contributed by atoms with Crippen molar-refractivity contribution in [3.8, 4) is 0 Å². The summed E-state index contributed by atoms with van der Waals surface area (Å²) in [5.74, 6) is 1.52. The monoisotopic (exact) mass is 273 g/mol. The van der Waals surface area contributed by atoms with Crippen LogP contribution < -0.4 is 5.32 Å². The fraction of sp³-hybridized carbons (Fsp3) is 0.692. The van der Waals surface area contributed by atoms with Crippen molar-refractivity contribution >= 4 is 22.1 Å². The van der Waals surface area contributed by atoms with E-state index in [9.17, 15) is 4.21 Å². The minimum absolute atomic E-state index is 0.243. The van der Waals surface area contributed by atoms with E-state index in [1.54, 1.807) is 0 Å². The Bertz CT molecular complexity index is 366. The summed E-state index contributed by atoms with van der Waals surface area (Å²) in [6, 6.07) is 4.40. The van der Waals surface area contributed by atoms with E-state index in [-0.39, 0.29) is 5.41 Å². The van der Waals surface area contributed by atoms with Gasteiger partial charge in [-0.2, -0.15) is 0 Å². The van der Waals surface area contributed by atoms with E-state index in [1.807, 2.05) is 18.3 Å². The maximum Gasteiger partial charge on any atom is 0.0360 e. The van der Waals surface area contributed by atoms with Gasteiger partial charge in [0.05, 0.1) is 0 Å². The summed E-state index contributed by atoms with van der Waals surface area (Å²) in [4.78, 5) is 2.78. The van der Waals surface area contributed by atoms with Crippen LogP contribution in [-0.4, -0.2) is 22.3 Å². The molecule has 0 fully saturated rings. The molecular weight excluding hydrogens is 250 g/mol. The quantitative estimate of drug-likeness (QED) is 0.808. The zero-order valence-electron chi connectivity index (χ0n) is 11.2. The lowest BCUT2D eigenvalue weighted by Crippen LogP contribution is -2.20. The van der Waals surface area contributed by atoms with Crippen LogP contribution in [0, 0.1) is 0 Å². The van der Waals surface area contributed by atoms with E-state index < -0.39 is 10.8 Å². The number of thiophene rings is 1. The van der Waals surface area contributed by atoms with Crippen LogP contribution in [0.4, 0.5) is 0 Å². The molecule has 0 saturated carbocycles. The lowest BCUT2D eigenvalue weighted by Gasteiger charge is -2.15. The second-order valence-corrected chi connectivity index (χ2v) is 8.16. The van der Waals surface area contributed by atoms with Crippen molar-refractivity contribution in [3.63, 3.8) is 0 Å². The molecule has 0 aliphatic heterocycles. The van der Waals surface area contributed by atoms with Gasteiger partial charge in [0.2, 0.25) is 0 Å². The molecule has 1 unspecified atom stereocenters. The topological polar surface area (TPSA) is 29.1 Å². The van der Waals surface area contributed by atoms with Crippen LogP contribution in [0.3, 0.4) is 0 Å². The van der Waals surface area contributed by atoms with Crippen LogP contribution >= 0.6 is 11.3 Å². The maximum atomic E-state index is 11.2. The zero-order chi connectivity index (χ0) is 12.9. The van der Waals surface area contributed by atoms with Gasteiger partial charge in [0.1, 0.15) is 0 Å². The first-order valence-corrected chi connectivity index (χ1v) is 8.39. The van der Waals surface area contributed by atoms with Gasteiger partial charge in [0.15, 0.2) is 0 Å². The van der Waals surface area contributed by atoms with Crippen LogP contribution in [0.15, 0.2) is 12.1 Å². The van der Waals surface area contributed by atoms with Crippen molar-refractivity contribution < 1.29 is 4.21 Å². The molecule has 1 atom stereocenters. The number of nitrogens with one attached hydrogen (secondary N) is 1. The predicted octanol–water partition coefficient (Wildman–Crippen LogP) is 2.90. The van der Waals surface area contributed by atoms with Gasteiger partial charge in [0.25, 0.3) is 0 Å². The molecule has 1 N–H and O–H groups in total. The fourth-order valence-electron chi connectivity index (χ4n) is 1.42. The second-order valence-electron chi connectivity index (χ2n) is 5.13. The van der Waals surface area contributed by atoms with Crippen molar-refractivity contribution in [3.05, 3.63) is 21.9 Å². The average molecular weight is 273 g/mol. The largest absolute Gasteiger partial charge is 0.311 e. The molecule has 1 rings (SSSR count). The molecule has 2 nitrogen and oxygen atoms in total. The van der Waals surface area contributed by atoms with Gasteiger partial charge in [-0.1, -0.05) is 27.7 Å². The molecule has 0 aromatic carbocycles. The smallest absolute Gasteiger partial charge is 0.0360 e. The number of hydrogen-bond acceptors (Lipinski definition) is 3. The summed E-state index contributed by atoms with van der Waals surface area (Å²) in [6.45, 7) is 10.4. The first-order chi connectivity index (χ1) is 7.93. The van der Waals surface area contributed by atoms with E-state index in [0.29, 0.717) is 0 Å². The Kier molecular flexibility index (Phi) is 5.83. The highest BCUT2D eigenvalue weighted by atomic mass is 32.2. The molecule has 0 bridgehead atoms. The maximum absolute atomic E-state index is 11.2. The first kappa shape index (κ1) is 14.9. The van der Waals surface area contributed by atoms with Gasteiger partial charge >= 0.3 is 0 Å². The third kappa shape index (κ3) is 5.32. The second kappa shape index (κ2) is 6.66. The van der Waals surface area contributed by atoms with Gasteiger partial charge in [-0.3, -0.25) is 4.21 Å². The summed E-state index contributed by atoms with van der Waals surface area (Å²) in [6.07, 6.45) is 0. The van der Waals surface area contributed by atoms with Crippen LogP contribution in [0.1, 0.15) is 37.4 Å². The molecule has 0 aliphatic rings. The SMILES string of the molecule is CCS(=O)CCNCc1ccc(C(C)(C)C)s1. The summed E-state index contributed by atoms with van der Waals surface area (Å²) < 4.78 is 11.2. The van der Waals surface area contributed by atoms with E-state index >= 15 is 0 Å². The molecule has 4 heteroatoms. The van der Waals surface area contributed by atoms with Crippen molar-refractivity contribution in [2.24, 2.45) is 0 Å². The van der Waals surface area contributed by atoms with Crippen molar-refractivity contribution in [2.75, 3.05) is 18.1 Å². The Hall–Kier alpha value is -0.190. The summed E-state index contributed by atoms with van der Waals surface area (Å²) >= 11 is 1.87. The summed E-state index contributed by atoms with van der Waals surface area (Å²) in [7, 11) is -0.653. The Balaban J connectivity index is 2.33. The Morgan fingerprint density at radius 2 is 2.06 bits per heavy atom. The lowest BCUT2D eigenvalue weighted by molar-refractivity contribution is 0.604. The highest BCUT2D eigenvalue weighted by molar-refractivity contribution is 7.84. The van der Waals surface area contributed by atoms with Crippen molar-refractivity contribution in [2.45, 2.75) is 39.7 Å². The molecule has 0 saturated heterocycles. The standard InChI is InChI=1S/C13H23NOS2/c1-5-17(15)9-8-14-10-11-6-7-12(16-11)13(2,3)4/h6-7,14H,5,8-10H2,1-4H3. The van der Waals surface area contributed by atoms with E-state index in [4.69, 9.17) is 0 Å². The molecule has 0 spiro atoms. The van der Waals surface area contributed by atoms with Crippen LogP contribution in [0.25, 0.3) is 0 Å². The molecule has 0 aliphatic carbocycles. The van der Waals surface area contributed by atoms with E-state index in [0.717, 1.165) is 24.6 Å². The first-order valence-electron chi connectivity index (χ1n) is 6.08. The minimum atomic E-state index is -0.653. The van der Waals surface area contributed by atoms with Gasteiger partial charge in [0, 0.05) is 45.1 Å². The third-order valence-corrected chi connectivity index (χ3v) is 5.34. The predicted molar refractivity (Wildman–Crippen MR) is 78.3 cm³/mol. The summed E-state index contributed by atoms with van der Waals surface area (Å²) in [5, 5.41) is 3.35. The fourth-order valence-corrected chi connectivity index (χ4v) is 3.11. The van der Waals surface area contributed by atoms with Crippen LogP contribution in [0.2, 0.25) is 0 Å². The van der Waals surface area contributed by atoms with Gasteiger partial charge in [-0.05, 0) is 17.5 Å². The van der Waals surface area contributed by atoms with E-state index in [2.05, 4.69) is 38.2 Å². The molecule has 0 amide bonds. The molecule has 98 valence electrons. The van der Waals surface area contributed by atoms with Gasteiger partial charge in [-0.25, -0.2) is 0 Å². The molecule has 0 radical (unpaired) electrons. The molecular formula is C13H23NOS2. The highest BCUT2D eigenvalue weighted by Gasteiger charge is 2.15. The highest BCUT2D eigenvalue weighted by Crippen LogP contribution is 2.29. The van der Waals surface area contributed by atoms with Crippen LogP contribution in [-0.2, 0) is 22.8 Å². The van der Waals surface area contributed by atoms with Crippen molar-refractivity contribution in [1.29, 1.82) is 0 Å². The number of rotatable bonds is 6. The molecule has 1 heterocycles. The molecule has 17 heavy (non-hydrogen) atoms. The summed E-state index contributed by atoms with van der Waals surface area (Å²) in [5.41, 5.74) is 0.243. The number of hydrogen-bond donors (Lipinski definition) is 1. The van der Waals surface area contributed by atoms with Crippen LogP contribution in [0.5, 0.6) is 0 Å². The normalized spacial score (nSPS) is 13.9. The molecule has 1 aromatic rings. The molecule has 1 aromatic heterocycles. The average Bonchev–Trinajstić information content (AvgIpc) is 2.72. The minimum Gasteiger partial charge on any atom is -0.311 e. The lowest BCUT2D eigenvalue weighted by atomic mass is 9.95. The third-order valence-electron chi connectivity index (χ3n) is 2.53. The van der Waals surface area contributed by atoms with E-state index in [1.165, 1.54) is 9.75 Å². The Morgan fingerprint density at radius 1 is 1.35 bits per heavy atom. The van der Waals surface area contributed by atoms with Gasteiger partial charge < -0.3 is 5.32 Å².